The van der Waals surface area contributed by atoms with Gasteiger partial charge in [-0.2, -0.15) is 15.0 Å². The molecule has 1 aromatic heterocycles. The Morgan fingerprint density at radius 2 is 1.57 bits per heavy atom. The van der Waals surface area contributed by atoms with Crippen LogP contribution in [0.25, 0.3) is 0 Å². The molecule has 0 aliphatic heterocycles. The first-order valence-corrected chi connectivity index (χ1v) is 4.10. The van der Waals surface area contributed by atoms with Crippen LogP contribution in [0.5, 0.6) is 0 Å². The average molecular weight is 198 g/mol. The molecule has 0 aromatic carbocycles. The van der Waals surface area contributed by atoms with Crippen LogP contribution in [0.15, 0.2) is 0 Å². The van der Waals surface area contributed by atoms with Crippen LogP contribution >= 0.6 is 0 Å². The monoisotopic (exact) mass is 198 g/mol. The van der Waals surface area contributed by atoms with Gasteiger partial charge in [-0.1, -0.05) is 0 Å². The standard InChI is InChI=1S/C7H14N6O/c1-8-5-10-6(9-2)12-7(11-5)13(3)14-4/h1-4H3,(H2,8,9,10,11,12). The van der Waals surface area contributed by atoms with Crippen molar-refractivity contribution in [3.63, 3.8) is 0 Å². The summed E-state index contributed by atoms with van der Waals surface area (Å²) in [5, 5.41) is 7.12. The summed E-state index contributed by atoms with van der Waals surface area (Å²) in [5.74, 6) is 1.42. The summed E-state index contributed by atoms with van der Waals surface area (Å²) in [5.41, 5.74) is 0. The molecule has 0 radical (unpaired) electrons. The molecular formula is C7H14N6O. The molecule has 1 heterocycles. The van der Waals surface area contributed by atoms with Crippen molar-refractivity contribution in [3.8, 4) is 0 Å². The van der Waals surface area contributed by atoms with Crippen LogP contribution in [0.2, 0.25) is 0 Å². The van der Waals surface area contributed by atoms with E-state index >= 15 is 0 Å². The van der Waals surface area contributed by atoms with Crippen LogP contribution in [0.4, 0.5) is 17.8 Å². The van der Waals surface area contributed by atoms with Crippen LogP contribution in [0, 0.1) is 0 Å². The molecule has 0 unspecified atom stereocenters. The zero-order valence-electron chi connectivity index (χ0n) is 8.70. The molecule has 7 heteroatoms. The van der Waals surface area contributed by atoms with E-state index in [0.29, 0.717) is 17.8 Å². The second-order valence-corrected chi connectivity index (χ2v) is 2.46. The minimum Gasteiger partial charge on any atom is -0.357 e. The zero-order valence-corrected chi connectivity index (χ0v) is 8.70. The van der Waals surface area contributed by atoms with Gasteiger partial charge >= 0.3 is 0 Å². The number of hydrogen-bond donors (Lipinski definition) is 2. The molecule has 0 bridgehead atoms. The molecular weight excluding hydrogens is 184 g/mol. The third-order valence-electron chi connectivity index (χ3n) is 1.63. The van der Waals surface area contributed by atoms with Crippen molar-refractivity contribution >= 4 is 17.8 Å². The predicted molar refractivity (Wildman–Crippen MR) is 54.3 cm³/mol. The van der Waals surface area contributed by atoms with E-state index in [0.717, 1.165) is 0 Å². The number of rotatable bonds is 4. The third kappa shape index (κ3) is 2.19. The highest BCUT2D eigenvalue weighted by molar-refractivity contribution is 5.41. The summed E-state index contributed by atoms with van der Waals surface area (Å²) >= 11 is 0. The molecule has 0 saturated carbocycles. The Morgan fingerprint density at radius 1 is 1.07 bits per heavy atom. The molecule has 0 atom stereocenters. The lowest BCUT2D eigenvalue weighted by molar-refractivity contribution is 0.180. The number of hydroxylamine groups is 1. The average Bonchev–Trinajstić information content (AvgIpc) is 2.27. The van der Waals surface area contributed by atoms with E-state index in [2.05, 4.69) is 25.6 Å². The van der Waals surface area contributed by atoms with Crippen LogP contribution in [-0.2, 0) is 4.84 Å². The summed E-state index contributed by atoms with van der Waals surface area (Å²) in [6, 6.07) is 0. The van der Waals surface area contributed by atoms with Gasteiger partial charge in [0.2, 0.25) is 11.9 Å². The van der Waals surface area contributed by atoms with Gasteiger partial charge < -0.3 is 10.6 Å². The van der Waals surface area contributed by atoms with Crippen molar-refractivity contribution in [3.05, 3.63) is 0 Å². The van der Waals surface area contributed by atoms with E-state index in [1.807, 2.05) is 0 Å². The minimum atomic E-state index is 0.441. The Bertz CT molecular complexity index is 282. The van der Waals surface area contributed by atoms with E-state index in [1.165, 1.54) is 5.06 Å². The maximum atomic E-state index is 4.96. The normalized spacial score (nSPS) is 9.71. The van der Waals surface area contributed by atoms with Crippen molar-refractivity contribution in [2.24, 2.45) is 0 Å². The Morgan fingerprint density at radius 3 is 1.93 bits per heavy atom. The molecule has 0 spiro atoms. The first-order valence-electron chi connectivity index (χ1n) is 4.10. The highest BCUT2D eigenvalue weighted by atomic mass is 16.7. The second kappa shape index (κ2) is 4.56. The molecule has 1 aromatic rings. The van der Waals surface area contributed by atoms with E-state index in [-0.39, 0.29) is 0 Å². The van der Waals surface area contributed by atoms with E-state index in [4.69, 9.17) is 4.84 Å². The first-order chi connectivity index (χ1) is 6.71. The topological polar surface area (TPSA) is 75.2 Å². The molecule has 78 valence electrons. The fourth-order valence-corrected chi connectivity index (χ4v) is 0.811. The highest BCUT2D eigenvalue weighted by Crippen LogP contribution is 2.11. The molecule has 14 heavy (non-hydrogen) atoms. The first kappa shape index (κ1) is 10.5. The van der Waals surface area contributed by atoms with Crippen molar-refractivity contribution in [1.82, 2.24) is 15.0 Å². The van der Waals surface area contributed by atoms with Gasteiger partial charge in [0.05, 0.1) is 7.11 Å². The molecule has 7 nitrogen and oxygen atoms in total. The summed E-state index contributed by atoms with van der Waals surface area (Å²) in [6.45, 7) is 0. The van der Waals surface area contributed by atoms with Crippen molar-refractivity contribution in [2.45, 2.75) is 0 Å². The lowest BCUT2D eigenvalue weighted by atomic mass is 10.8. The van der Waals surface area contributed by atoms with Crippen LogP contribution in [-0.4, -0.2) is 43.2 Å². The zero-order chi connectivity index (χ0) is 10.6. The van der Waals surface area contributed by atoms with E-state index in [1.54, 1.807) is 28.3 Å². The summed E-state index contributed by atoms with van der Waals surface area (Å²) < 4.78 is 0. The van der Waals surface area contributed by atoms with Gasteiger partial charge in [0.1, 0.15) is 0 Å². The van der Waals surface area contributed by atoms with Crippen molar-refractivity contribution in [1.29, 1.82) is 0 Å². The van der Waals surface area contributed by atoms with Gasteiger partial charge in [-0.25, -0.2) is 5.06 Å². The number of hydrogen-bond acceptors (Lipinski definition) is 7. The summed E-state index contributed by atoms with van der Waals surface area (Å²) in [7, 11) is 6.74. The summed E-state index contributed by atoms with van der Waals surface area (Å²) in [4.78, 5) is 17.2. The van der Waals surface area contributed by atoms with Gasteiger partial charge in [-0.15, -0.1) is 0 Å². The SMILES string of the molecule is CNc1nc(NC)nc(N(C)OC)n1. The van der Waals surface area contributed by atoms with Crippen molar-refractivity contribution < 1.29 is 4.84 Å². The Labute approximate surface area is 82.5 Å². The smallest absolute Gasteiger partial charge is 0.256 e. The Hall–Kier alpha value is -1.63. The summed E-state index contributed by atoms with van der Waals surface area (Å²) in [6.07, 6.45) is 0. The third-order valence-corrected chi connectivity index (χ3v) is 1.63. The number of nitrogens with one attached hydrogen (secondary N) is 2. The Balaban J connectivity index is 3.04. The fourth-order valence-electron chi connectivity index (χ4n) is 0.811. The fraction of sp³-hybridized carbons (Fsp3) is 0.571. The largest absolute Gasteiger partial charge is 0.357 e. The van der Waals surface area contributed by atoms with Gasteiger partial charge in [-0.05, 0) is 0 Å². The lowest BCUT2D eigenvalue weighted by Gasteiger charge is -2.14. The molecule has 0 amide bonds. The van der Waals surface area contributed by atoms with Crippen molar-refractivity contribution in [2.75, 3.05) is 43.9 Å². The van der Waals surface area contributed by atoms with Gasteiger partial charge in [0.25, 0.3) is 5.95 Å². The van der Waals surface area contributed by atoms with Crippen LogP contribution in [0.3, 0.4) is 0 Å². The van der Waals surface area contributed by atoms with E-state index in [9.17, 15) is 0 Å². The molecule has 0 fully saturated rings. The predicted octanol–water partition coefficient (Wildman–Crippen LogP) is -0.0474. The molecule has 2 N–H and O–H groups in total. The van der Waals surface area contributed by atoms with Crippen LogP contribution in [0.1, 0.15) is 0 Å². The molecule has 0 saturated heterocycles. The second-order valence-electron chi connectivity index (χ2n) is 2.46. The molecule has 1 rings (SSSR count). The van der Waals surface area contributed by atoms with Gasteiger partial charge in [-0.3, -0.25) is 4.84 Å². The lowest BCUT2D eigenvalue weighted by Crippen LogP contribution is -2.19. The molecule has 0 aliphatic carbocycles. The maximum Gasteiger partial charge on any atom is 0.256 e. The number of nitrogens with zero attached hydrogens (tertiary/aromatic N) is 4. The van der Waals surface area contributed by atoms with Gasteiger partial charge in [0, 0.05) is 21.1 Å². The van der Waals surface area contributed by atoms with E-state index < -0.39 is 0 Å². The minimum absolute atomic E-state index is 0.441. The number of aromatic nitrogens is 3. The number of anilines is 3. The maximum absolute atomic E-state index is 4.96. The molecule has 0 aliphatic rings. The van der Waals surface area contributed by atoms with Crippen LogP contribution < -0.4 is 15.7 Å². The highest BCUT2D eigenvalue weighted by Gasteiger charge is 2.07. The van der Waals surface area contributed by atoms with Gasteiger partial charge in [0.15, 0.2) is 0 Å². The Kier molecular flexibility index (Phi) is 3.41. The quantitative estimate of drug-likeness (QED) is 0.657.